The zero-order valence-corrected chi connectivity index (χ0v) is 14.0. The average molecular weight is 340 g/mol. The molecule has 2 aromatic carbocycles. The van der Waals surface area contributed by atoms with Gasteiger partial charge in [0.2, 0.25) is 15.6 Å². The number of Topliss-reactive ketones (excluding diaryl/α,β-unsaturated/α-hetero) is 1. The first-order chi connectivity index (χ1) is 11.4. The van der Waals surface area contributed by atoms with Gasteiger partial charge in [0.1, 0.15) is 4.91 Å². The standard InChI is InChI=1S/C19H16O4S/c1-2-5-13-8-10-14(11-9-13)24(22,23)18-12-17(20)15-6-3-4-7-16(15)19(18)21/h3-4,6-12H,2,5H2,1H3. The van der Waals surface area contributed by atoms with Gasteiger partial charge in [-0.2, -0.15) is 0 Å². The van der Waals surface area contributed by atoms with Crippen LogP contribution in [0.25, 0.3) is 0 Å². The molecule has 0 saturated heterocycles. The normalized spacial score (nSPS) is 14.3. The van der Waals surface area contributed by atoms with Crippen LogP contribution in [-0.4, -0.2) is 20.0 Å². The van der Waals surface area contributed by atoms with Crippen LogP contribution >= 0.6 is 0 Å². The summed E-state index contributed by atoms with van der Waals surface area (Å²) in [5.74, 6) is -1.10. The number of fused-ring (bicyclic) bond motifs is 1. The second kappa shape index (κ2) is 6.17. The fraction of sp³-hybridized carbons (Fsp3) is 0.158. The van der Waals surface area contributed by atoms with Gasteiger partial charge in [-0.25, -0.2) is 8.42 Å². The molecule has 0 atom stereocenters. The van der Waals surface area contributed by atoms with Crippen molar-refractivity contribution in [1.82, 2.24) is 0 Å². The maximum atomic E-state index is 12.8. The topological polar surface area (TPSA) is 68.3 Å². The molecule has 1 aliphatic carbocycles. The first-order valence-electron chi connectivity index (χ1n) is 7.69. The van der Waals surface area contributed by atoms with E-state index in [9.17, 15) is 18.0 Å². The fourth-order valence-corrected chi connectivity index (χ4v) is 4.11. The number of allylic oxidation sites excluding steroid dienone is 2. The van der Waals surface area contributed by atoms with Gasteiger partial charge in [-0.3, -0.25) is 9.59 Å². The lowest BCUT2D eigenvalue weighted by Crippen LogP contribution is -2.22. The molecule has 0 amide bonds. The third-order valence-electron chi connectivity index (χ3n) is 3.98. The summed E-state index contributed by atoms with van der Waals surface area (Å²) in [6.07, 6.45) is 2.74. The number of rotatable bonds is 4. The van der Waals surface area contributed by atoms with E-state index in [1.165, 1.54) is 24.3 Å². The molecule has 0 bridgehead atoms. The van der Waals surface area contributed by atoms with Crippen molar-refractivity contribution in [2.75, 3.05) is 0 Å². The van der Waals surface area contributed by atoms with Crippen molar-refractivity contribution >= 4 is 21.4 Å². The van der Waals surface area contributed by atoms with Gasteiger partial charge in [0.25, 0.3) is 0 Å². The SMILES string of the molecule is CCCc1ccc(S(=O)(=O)C2=CC(=O)c3ccccc3C2=O)cc1. The van der Waals surface area contributed by atoms with Crippen LogP contribution in [0.3, 0.4) is 0 Å². The number of benzene rings is 2. The first kappa shape index (κ1) is 16.3. The Bertz CT molecular complexity index is 951. The predicted molar refractivity (Wildman–Crippen MR) is 90.8 cm³/mol. The zero-order chi connectivity index (χ0) is 17.3. The van der Waals surface area contributed by atoms with Gasteiger partial charge in [0, 0.05) is 17.2 Å². The van der Waals surface area contributed by atoms with Crippen LogP contribution in [0.15, 0.2) is 64.4 Å². The van der Waals surface area contributed by atoms with Gasteiger partial charge in [-0.1, -0.05) is 49.7 Å². The largest absolute Gasteiger partial charge is 0.289 e. The van der Waals surface area contributed by atoms with Crippen molar-refractivity contribution in [2.45, 2.75) is 24.7 Å². The molecule has 5 heteroatoms. The Morgan fingerprint density at radius 2 is 1.50 bits per heavy atom. The molecule has 4 nitrogen and oxygen atoms in total. The molecule has 0 aliphatic heterocycles. The van der Waals surface area contributed by atoms with E-state index in [4.69, 9.17) is 0 Å². The molecule has 3 rings (SSSR count). The summed E-state index contributed by atoms with van der Waals surface area (Å²) >= 11 is 0. The molecule has 122 valence electrons. The molecule has 0 unspecified atom stereocenters. The fourth-order valence-electron chi connectivity index (χ4n) is 2.74. The minimum absolute atomic E-state index is 0.0223. The summed E-state index contributed by atoms with van der Waals surface area (Å²) in [4.78, 5) is 24.3. The summed E-state index contributed by atoms with van der Waals surface area (Å²) in [5, 5.41) is 0. The molecule has 0 N–H and O–H groups in total. The number of sulfone groups is 1. The monoisotopic (exact) mass is 340 g/mol. The zero-order valence-electron chi connectivity index (χ0n) is 13.2. The number of carbonyl (C=O) groups excluding carboxylic acids is 2. The lowest BCUT2D eigenvalue weighted by atomic mass is 9.95. The van der Waals surface area contributed by atoms with E-state index in [1.54, 1.807) is 24.3 Å². The quantitative estimate of drug-likeness (QED) is 0.856. The maximum absolute atomic E-state index is 12.8. The van der Waals surface area contributed by atoms with E-state index in [1.807, 2.05) is 6.92 Å². The Balaban J connectivity index is 2.04. The van der Waals surface area contributed by atoms with Crippen molar-refractivity contribution in [3.63, 3.8) is 0 Å². The van der Waals surface area contributed by atoms with Crippen LogP contribution in [0.1, 0.15) is 39.6 Å². The van der Waals surface area contributed by atoms with Gasteiger partial charge in [0.15, 0.2) is 5.78 Å². The minimum atomic E-state index is -4.03. The van der Waals surface area contributed by atoms with Gasteiger partial charge in [-0.05, 0) is 24.1 Å². The summed E-state index contributed by atoms with van der Waals surface area (Å²) in [7, 11) is -4.03. The number of ketones is 2. The molecule has 0 aromatic heterocycles. The van der Waals surface area contributed by atoms with Gasteiger partial charge in [0.05, 0.1) is 4.90 Å². The van der Waals surface area contributed by atoms with Crippen LogP contribution < -0.4 is 0 Å². The molecular weight excluding hydrogens is 324 g/mol. The van der Waals surface area contributed by atoms with Crippen LogP contribution in [0.4, 0.5) is 0 Å². The Kier molecular flexibility index (Phi) is 4.20. The van der Waals surface area contributed by atoms with Gasteiger partial charge in [-0.15, -0.1) is 0 Å². The van der Waals surface area contributed by atoms with Crippen molar-refractivity contribution in [3.05, 3.63) is 76.2 Å². The van der Waals surface area contributed by atoms with E-state index in [-0.39, 0.29) is 16.0 Å². The van der Waals surface area contributed by atoms with E-state index in [0.717, 1.165) is 24.5 Å². The Morgan fingerprint density at radius 1 is 0.875 bits per heavy atom. The third kappa shape index (κ3) is 2.71. The van der Waals surface area contributed by atoms with Crippen molar-refractivity contribution in [1.29, 1.82) is 0 Å². The van der Waals surface area contributed by atoms with Crippen LogP contribution in [0, 0.1) is 0 Å². The highest BCUT2D eigenvalue weighted by Crippen LogP contribution is 2.28. The Morgan fingerprint density at radius 3 is 2.12 bits per heavy atom. The Hall–Kier alpha value is -2.53. The molecule has 2 aromatic rings. The number of hydrogen-bond donors (Lipinski definition) is 0. The van der Waals surface area contributed by atoms with Crippen LogP contribution in [0.5, 0.6) is 0 Å². The Labute approximate surface area is 140 Å². The van der Waals surface area contributed by atoms with Crippen molar-refractivity contribution < 1.29 is 18.0 Å². The van der Waals surface area contributed by atoms with Crippen molar-refractivity contribution in [3.8, 4) is 0 Å². The number of carbonyl (C=O) groups is 2. The third-order valence-corrected chi connectivity index (χ3v) is 5.76. The van der Waals surface area contributed by atoms with E-state index in [2.05, 4.69) is 0 Å². The molecule has 24 heavy (non-hydrogen) atoms. The molecule has 1 aliphatic rings. The van der Waals surface area contributed by atoms with E-state index >= 15 is 0 Å². The lowest BCUT2D eigenvalue weighted by molar-refractivity contribution is 0.0990. The second-order valence-corrected chi connectivity index (χ2v) is 7.56. The summed E-state index contributed by atoms with van der Waals surface area (Å²) in [6, 6.07) is 12.7. The first-order valence-corrected chi connectivity index (χ1v) is 9.17. The maximum Gasteiger partial charge on any atom is 0.210 e. The predicted octanol–water partition coefficient (Wildman–Crippen LogP) is 3.38. The highest BCUT2D eigenvalue weighted by Gasteiger charge is 2.34. The van der Waals surface area contributed by atoms with Crippen LogP contribution in [-0.2, 0) is 16.3 Å². The average Bonchev–Trinajstić information content (AvgIpc) is 2.59. The summed E-state index contributed by atoms with van der Waals surface area (Å²) in [6.45, 7) is 2.04. The molecule has 0 radical (unpaired) electrons. The van der Waals surface area contributed by atoms with Crippen LogP contribution in [0.2, 0.25) is 0 Å². The lowest BCUT2D eigenvalue weighted by Gasteiger charge is -2.15. The minimum Gasteiger partial charge on any atom is -0.289 e. The molecule has 0 saturated carbocycles. The van der Waals surface area contributed by atoms with Crippen molar-refractivity contribution in [2.24, 2.45) is 0 Å². The molecule has 0 fully saturated rings. The van der Waals surface area contributed by atoms with E-state index < -0.39 is 26.3 Å². The second-order valence-electron chi connectivity index (χ2n) is 5.64. The highest BCUT2D eigenvalue weighted by atomic mass is 32.2. The van der Waals surface area contributed by atoms with Gasteiger partial charge < -0.3 is 0 Å². The highest BCUT2D eigenvalue weighted by molar-refractivity contribution is 7.96. The van der Waals surface area contributed by atoms with Gasteiger partial charge >= 0.3 is 0 Å². The molecule has 0 spiro atoms. The summed E-state index contributed by atoms with van der Waals surface area (Å²) < 4.78 is 25.6. The smallest absolute Gasteiger partial charge is 0.210 e. The molecular formula is C19H16O4S. The number of hydrogen-bond acceptors (Lipinski definition) is 4. The van der Waals surface area contributed by atoms with E-state index in [0.29, 0.717) is 0 Å². The molecule has 0 heterocycles. The summed E-state index contributed by atoms with van der Waals surface area (Å²) in [5.41, 5.74) is 1.40. The number of aryl methyl sites for hydroxylation is 1.